The number of fused-ring (bicyclic) bond motifs is 1. The highest BCUT2D eigenvalue weighted by molar-refractivity contribution is 5.66. The molecule has 2 rings (SSSR count). The molecule has 1 aliphatic heterocycles. The van der Waals surface area contributed by atoms with E-state index in [1.54, 1.807) is 14.2 Å². The van der Waals surface area contributed by atoms with Crippen molar-refractivity contribution in [1.29, 1.82) is 0 Å². The fourth-order valence-corrected chi connectivity index (χ4v) is 2.57. The normalized spacial score (nSPS) is 15.3. The van der Waals surface area contributed by atoms with Gasteiger partial charge in [0.05, 0.1) is 20.6 Å². The predicted molar refractivity (Wildman–Crippen MR) is 75.6 cm³/mol. The number of aliphatic carboxylic acids is 1. The van der Waals surface area contributed by atoms with Crippen LogP contribution in [-0.2, 0) is 17.6 Å². The summed E-state index contributed by atoms with van der Waals surface area (Å²) in [7, 11) is 3.28. The third-order valence-electron chi connectivity index (χ3n) is 3.74. The van der Waals surface area contributed by atoms with Crippen molar-refractivity contribution in [2.24, 2.45) is 0 Å². The summed E-state index contributed by atoms with van der Waals surface area (Å²) >= 11 is 0. The van der Waals surface area contributed by atoms with Crippen LogP contribution in [0.25, 0.3) is 0 Å². The largest absolute Gasteiger partial charge is 0.493 e. The molecule has 0 fully saturated rings. The lowest BCUT2D eigenvalue weighted by atomic mass is 10.0. The van der Waals surface area contributed by atoms with Crippen molar-refractivity contribution in [2.45, 2.75) is 19.3 Å². The molecule has 5 heteroatoms. The van der Waals surface area contributed by atoms with Crippen molar-refractivity contribution >= 4 is 5.97 Å². The molecule has 1 aliphatic rings. The van der Waals surface area contributed by atoms with Crippen LogP contribution >= 0.6 is 0 Å². The Balaban J connectivity index is 2.10. The zero-order valence-electron chi connectivity index (χ0n) is 12.0. The topological polar surface area (TPSA) is 59.0 Å². The Morgan fingerprint density at radius 1 is 1.15 bits per heavy atom. The molecule has 1 N–H and O–H groups in total. The Bertz CT molecular complexity index is 452. The number of hydrogen-bond donors (Lipinski definition) is 1. The van der Waals surface area contributed by atoms with Crippen LogP contribution in [0.5, 0.6) is 11.5 Å². The molecule has 5 nitrogen and oxygen atoms in total. The number of carboxylic acid groups (broad SMARTS) is 1. The van der Waals surface area contributed by atoms with E-state index in [-0.39, 0.29) is 6.42 Å². The van der Waals surface area contributed by atoms with Gasteiger partial charge in [0.1, 0.15) is 0 Å². The van der Waals surface area contributed by atoms with Gasteiger partial charge in [0.2, 0.25) is 0 Å². The van der Waals surface area contributed by atoms with Gasteiger partial charge in [-0.15, -0.1) is 0 Å². The number of nitrogens with zero attached hydrogens (tertiary/aromatic N) is 1. The monoisotopic (exact) mass is 279 g/mol. The molecule has 20 heavy (non-hydrogen) atoms. The van der Waals surface area contributed by atoms with Gasteiger partial charge in [0, 0.05) is 19.6 Å². The molecule has 0 amide bonds. The van der Waals surface area contributed by atoms with Gasteiger partial charge in [-0.2, -0.15) is 0 Å². The second-order valence-electron chi connectivity index (χ2n) is 4.96. The molecular weight excluding hydrogens is 258 g/mol. The van der Waals surface area contributed by atoms with Gasteiger partial charge in [-0.1, -0.05) is 0 Å². The van der Waals surface area contributed by atoms with Gasteiger partial charge < -0.3 is 19.5 Å². The molecule has 1 aromatic rings. The van der Waals surface area contributed by atoms with Crippen LogP contribution in [-0.4, -0.2) is 49.8 Å². The second-order valence-corrected chi connectivity index (χ2v) is 4.96. The minimum atomic E-state index is -0.741. The SMILES string of the molecule is COc1cc2c(cc1OC)CCN(CCC(=O)O)CC2. The molecule has 0 bridgehead atoms. The molecule has 0 saturated carbocycles. The number of hydrogen-bond acceptors (Lipinski definition) is 4. The van der Waals surface area contributed by atoms with E-state index in [1.807, 2.05) is 12.1 Å². The smallest absolute Gasteiger partial charge is 0.304 e. The summed E-state index contributed by atoms with van der Waals surface area (Å²) in [6, 6.07) is 4.07. The molecule has 1 heterocycles. The highest BCUT2D eigenvalue weighted by Gasteiger charge is 2.17. The Labute approximate surface area is 119 Å². The average Bonchev–Trinajstić information content (AvgIpc) is 2.65. The standard InChI is InChI=1S/C15H21NO4/c1-19-13-9-11-3-6-16(8-5-15(17)18)7-4-12(11)10-14(13)20-2/h9-10H,3-8H2,1-2H3,(H,17,18). The number of carbonyl (C=O) groups is 1. The van der Waals surface area contributed by atoms with Crippen molar-refractivity contribution < 1.29 is 19.4 Å². The van der Waals surface area contributed by atoms with Gasteiger partial charge in [-0.05, 0) is 36.1 Å². The van der Waals surface area contributed by atoms with Crippen LogP contribution in [0.15, 0.2) is 12.1 Å². The van der Waals surface area contributed by atoms with E-state index in [0.29, 0.717) is 6.54 Å². The Morgan fingerprint density at radius 2 is 1.65 bits per heavy atom. The van der Waals surface area contributed by atoms with E-state index >= 15 is 0 Å². The molecule has 0 aromatic heterocycles. The molecular formula is C15H21NO4. The van der Waals surface area contributed by atoms with Gasteiger partial charge in [-0.25, -0.2) is 0 Å². The van der Waals surface area contributed by atoms with Crippen molar-refractivity contribution in [3.63, 3.8) is 0 Å². The van der Waals surface area contributed by atoms with Gasteiger partial charge in [0.15, 0.2) is 11.5 Å². The third-order valence-corrected chi connectivity index (χ3v) is 3.74. The number of ether oxygens (including phenoxy) is 2. The van der Waals surface area contributed by atoms with Crippen molar-refractivity contribution in [3.05, 3.63) is 23.3 Å². The van der Waals surface area contributed by atoms with E-state index in [9.17, 15) is 4.79 Å². The van der Waals surface area contributed by atoms with Crippen molar-refractivity contribution in [2.75, 3.05) is 33.9 Å². The minimum absolute atomic E-state index is 0.197. The van der Waals surface area contributed by atoms with Crippen molar-refractivity contribution in [1.82, 2.24) is 4.90 Å². The van der Waals surface area contributed by atoms with Crippen molar-refractivity contribution in [3.8, 4) is 11.5 Å². The summed E-state index contributed by atoms with van der Waals surface area (Å²) < 4.78 is 10.7. The number of carboxylic acids is 1. The number of methoxy groups -OCH3 is 2. The van der Waals surface area contributed by atoms with Crippen LogP contribution in [0.4, 0.5) is 0 Å². The highest BCUT2D eigenvalue weighted by atomic mass is 16.5. The number of benzene rings is 1. The summed E-state index contributed by atoms with van der Waals surface area (Å²) in [5.74, 6) is 0.769. The highest BCUT2D eigenvalue weighted by Crippen LogP contribution is 2.32. The fourth-order valence-electron chi connectivity index (χ4n) is 2.57. The van der Waals surface area contributed by atoms with E-state index in [2.05, 4.69) is 4.90 Å². The van der Waals surface area contributed by atoms with Crippen LogP contribution in [0.3, 0.4) is 0 Å². The van der Waals surface area contributed by atoms with E-state index in [0.717, 1.165) is 37.4 Å². The molecule has 1 aromatic carbocycles. The van der Waals surface area contributed by atoms with E-state index < -0.39 is 5.97 Å². The summed E-state index contributed by atoms with van der Waals surface area (Å²) in [6.07, 6.45) is 2.02. The summed E-state index contributed by atoms with van der Waals surface area (Å²) in [5.41, 5.74) is 2.53. The molecule has 0 unspecified atom stereocenters. The quantitative estimate of drug-likeness (QED) is 0.886. The van der Waals surface area contributed by atoms with E-state index in [4.69, 9.17) is 14.6 Å². The molecule has 0 aliphatic carbocycles. The lowest BCUT2D eigenvalue weighted by molar-refractivity contribution is -0.137. The first-order valence-electron chi connectivity index (χ1n) is 6.82. The van der Waals surface area contributed by atoms with Gasteiger partial charge in [0.25, 0.3) is 0 Å². The first-order chi connectivity index (χ1) is 9.63. The fraction of sp³-hybridized carbons (Fsp3) is 0.533. The average molecular weight is 279 g/mol. The Kier molecular flexibility index (Phi) is 4.84. The van der Waals surface area contributed by atoms with Crippen LogP contribution in [0.1, 0.15) is 17.5 Å². The Morgan fingerprint density at radius 3 is 2.05 bits per heavy atom. The lowest BCUT2D eigenvalue weighted by Gasteiger charge is -2.18. The molecule has 0 atom stereocenters. The summed E-state index contributed by atoms with van der Waals surface area (Å²) in [5, 5.41) is 8.76. The Hall–Kier alpha value is -1.75. The maximum absolute atomic E-state index is 10.7. The van der Waals surface area contributed by atoms with Crippen LogP contribution in [0.2, 0.25) is 0 Å². The third kappa shape index (κ3) is 3.42. The second kappa shape index (κ2) is 6.61. The van der Waals surface area contributed by atoms with Gasteiger partial charge >= 0.3 is 5.97 Å². The summed E-state index contributed by atoms with van der Waals surface area (Å²) in [4.78, 5) is 12.9. The lowest BCUT2D eigenvalue weighted by Crippen LogP contribution is -2.28. The van der Waals surface area contributed by atoms with Crippen LogP contribution in [0, 0.1) is 0 Å². The number of rotatable bonds is 5. The maximum atomic E-state index is 10.7. The first kappa shape index (κ1) is 14.7. The first-order valence-corrected chi connectivity index (χ1v) is 6.82. The molecule has 0 radical (unpaired) electrons. The predicted octanol–water partition coefficient (Wildman–Crippen LogP) is 1.58. The zero-order valence-corrected chi connectivity index (χ0v) is 12.0. The molecule has 0 saturated heterocycles. The maximum Gasteiger partial charge on any atom is 0.304 e. The molecule has 0 spiro atoms. The summed E-state index contributed by atoms with van der Waals surface area (Å²) in [6.45, 7) is 2.38. The zero-order chi connectivity index (χ0) is 14.5. The minimum Gasteiger partial charge on any atom is -0.493 e. The molecule has 110 valence electrons. The van der Waals surface area contributed by atoms with Gasteiger partial charge in [-0.3, -0.25) is 4.79 Å². The van der Waals surface area contributed by atoms with Crippen LogP contribution < -0.4 is 9.47 Å². The van der Waals surface area contributed by atoms with E-state index in [1.165, 1.54) is 11.1 Å².